The number of nitrogens with zero attached hydrogens (tertiary/aromatic N) is 2. The van der Waals surface area contributed by atoms with E-state index in [0.29, 0.717) is 5.69 Å². The van der Waals surface area contributed by atoms with E-state index in [-0.39, 0.29) is 4.86 Å². The standard InChI is InChI=1S/C7H7N3O/c8-10(11)6-9-7-4-2-1-3-5-7/h1-6,8H. The van der Waals surface area contributed by atoms with Gasteiger partial charge in [-0.1, -0.05) is 18.2 Å². The van der Waals surface area contributed by atoms with Gasteiger partial charge in [-0.05, 0) is 17.1 Å². The van der Waals surface area contributed by atoms with Gasteiger partial charge in [0.2, 0.25) is 0 Å². The molecule has 4 nitrogen and oxygen atoms in total. The second-order valence-electron chi connectivity index (χ2n) is 1.91. The normalized spacial score (nSPS) is 10.2. The van der Waals surface area contributed by atoms with Crippen molar-refractivity contribution in [1.82, 2.24) is 0 Å². The average Bonchev–Trinajstić information content (AvgIpc) is 2.03. The summed E-state index contributed by atoms with van der Waals surface area (Å²) in [6.07, 6.45) is 0.898. The number of hydroxylamine groups is 1. The minimum Gasteiger partial charge on any atom is -0.691 e. The maximum atomic E-state index is 10.1. The summed E-state index contributed by atoms with van der Waals surface area (Å²) in [6.45, 7) is 0. The zero-order chi connectivity index (χ0) is 8.10. The fourth-order valence-electron chi connectivity index (χ4n) is 0.633. The summed E-state index contributed by atoms with van der Waals surface area (Å²) in [4.78, 5) is 3.62. The summed E-state index contributed by atoms with van der Waals surface area (Å²) in [5.41, 5.74) is 7.12. The van der Waals surface area contributed by atoms with Crippen molar-refractivity contribution >= 4 is 12.0 Å². The van der Waals surface area contributed by atoms with E-state index in [9.17, 15) is 5.21 Å². The lowest BCUT2D eigenvalue weighted by molar-refractivity contribution is -0.423. The van der Waals surface area contributed by atoms with Crippen LogP contribution in [0.2, 0.25) is 0 Å². The Balaban J connectivity index is 2.72. The summed E-state index contributed by atoms with van der Waals surface area (Å²) < 4.78 is 0. The molecule has 11 heavy (non-hydrogen) atoms. The Morgan fingerprint density at radius 1 is 1.36 bits per heavy atom. The zero-order valence-electron chi connectivity index (χ0n) is 5.77. The van der Waals surface area contributed by atoms with Crippen LogP contribution in [0.15, 0.2) is 35.3 Å². The fraction of sp³-hybridized carbons (Fsp3) is 0. The SMILES string of the molecule is N=[N+]([O-])C=Nc1ccccc1. The maximum absolute atomic E-state index is 10.1. The highest BCUT2D eigenvalue weighted by Gasteiger charge is 1.89. The van der Waals surface area contributed by atoms with Gasteiger partial charge >= 0.3 is 6.34 Å². The first-order valence-corrected chi connectivity index (χ1v) is 3.06. The molecule has 1 aromatic carbocycles. The highest BCUT2D eigenvalue weighted by molar-refractivity contribution is 5.53. The largest absolute Gasteiger partial charge is 0.691 e. The number of rotatable bonds is 2. The van der Waals surface area contributed by atoms with Gasteiger partial charge < -0.3 is 5.21 Å². The van der Waals surface area contributed by atoms with E-state index in [1.807, 2.05) is 18.2 Å². The molecule has 0 aliphatic rings. The number of para-hydroxylation sites is 1. The van der Waals surface area contributed by atoms with Crippen molar-refractivity contribution < 1.29 is 4.86 Å². The highest BCUT2D eigenvalue weighted by atomic mass is 16.5. The van der Waals surface area contributed by atoms with Gasteiger partial charge in [-0.15, -0.1) is 10.4 Å². The number of hydrogen-bond donors (Lipinski definition) is 1. The van der Waals surface area contributed by atoms with Crippen LogP contribution in [0, 0.1) is 10.7 Å². The monoisotopic (exact) mass is 149 g/mol. The summed E-state index contributed by atoms with van der Waals surface area (Å²) in [5, 5.41) is 10.1. The molecular weight excluding hydrogens is 142 g/mol. The van der Waals surface area contributed by atoms with E-state index >= 15 is 0 Å². The molecule has 0 amide bonds. The molecule has 1 N–H and O–H groups in total. The smallest absolute Gasteiger partial charge is 0.310 e. The molecule has 0 atom stereocenters. The Labute approximate surface area is 63.9 Å². The summed E-state index contributed by atoms with van der Waals surface area (Å²) in [6, 6.07) is 8.98. The number of aliphatic imine (C=N–C) groups is 1. The first-order valence-electron chi connectivity index (χ1n) is 3.06. The molecular formula is C7H7N3O. The van der Waals surface area contributed by atoms with Crippen molar-refractivity contribution in [3.8, 4) is 0 Å². The van der Waals surface area contributed by atoms with Crippen molar-refractivity contribution in [2.24, 2.45) is 4.99 Å². The van der Waals surface area contributed by atoms with Gasteiger partial charge in [0.15, 0.2) is 5.69 Å². The molecule has 1 aromatic rings. The molecule has 0 radical (unpaired) electrons. The van der Waals surface area contributed by atoms with Crippen LogP contribution in [0.5, 0.6) is 0 Å². The number of nitrogens with one attached hydrogen (secondary N) is 1. The van der Waals surface area contributed by atoms with Crippen molar-refractivity contribution in [1.29, 1.82) is 5.53 Å². The topological polar surface area (TPSA) is 62.3 Å². The zero-order valence-corrected chi connectivity index (χ0v) is 5.77. The molecule has 0 saturated carbocycles. The lowest BCUT2D eigenvalue weighted by Gasteiger charge is -1.89. The van der Waals surface area contributed by atoms with Crippen LogP contribution >= 0.6 is 0 Å². The van der Waals surface area contributed by atoms with Crippen LogP contribution in [-0.2, 0) is 0 Å². The van der Waals surface area contributed by atoms with Gasteiger partial charge in [0.1, 0.15) is 0 Å². The van der Waals surface area contributed by atoms with Crippen LogP contribution < -0.4 is 0 Å². The molecule has 4 heteroatoms. The van der Waals surface area contributed by atoms with E-state index in [2.05, 4.69) is 4.99 Å². The Kier molecular flexibility index (Phi) is 2.32. The number of hydrogen-bond acceptors (Lipinski definition) is 3. The molecule has 0 unspecified atom stereocenters. The van der Waals surface area contributed by atoms with Crippen LogP contribution in [0.4, 0.5) is 5.69 Å². The first kappa shape index (κ1) is 7.40. The second-order valence-corrected chi connectivity index (χ2v) is 1.91. The fourth-order valence-corrected chi connectivity index (χ4v) is 0.633. The molecule has 0 aliphatic carbocycles. The van der Waals surface area contributed by atoms with Crippen molar-refractivity contribution in [3.05, 3.63) is 35.5 Å². The summed E-state index contributed by atoms with van der Waals surface area (Å²) >= 11 is 0. The average molecular weight is 149 g/mol. The third-order valence-corrected chi connectivity index (χ3v) is 1.07. The van der Waals surface area contributed by atoms with E-state index in [1.165, 1.54) is 0 Å². The van der Waals surface area contributed by atoms with Gasteiger partial charge in [0.05, 0.1) is 0 Å². The quantitative estimate of drug-likeness (QED) is 0.225. The highest BCUT2D eigenvalue weighted by Crippen LogP contribution is 2.07. The van der Waals surface area contributed by atoms with Crippen molar-refractivity contribution in [3.63, 3.8) is 0 Å². The molecule has 0 spiro atoms. The van der Waals surface area contributed by atoms with Crippen molar-refractivity contribution in [2.45, 2.75) is 0 Å². The van der Waals surface area contributed by atoms with Crippen LogP contribution in [0.3, 0.4) is 0 Å². The summed E-state index contributed by atoms with van der Waals surface area (Å²) in [7, 11) is 0. The van der Waals surface area contributed by atoms with Gasteiger partial charge in [0, 0.05) is 0 Å². The van der Waals surface area contributed by atoms with E-state index < -0.39 is 0 Å². The van der Waals surface area contributed by atoms with Gasteiger partial charge in [0.25, 0.3) is 0 Å². The number of benzene rings is 1. The molecule has 0 aliphatic heterocycles. The third kappa shape index (κ3) is 2.57. The molecule has 0 bridgehead atoms. The van der Waals surface area contributed by atoms with Crippen LogP contribution in [0.1, 0.15) is 0 Å². The minimum absolute atomic E-state index is 0.0903. The predicted octanol–water partition coefficient (Wildman–Crippen LogP) is 1.89. The van der Waals surface area contributed by atoms with E-state index in [1.54, 1.807) is 12.1 Å². The van der Waals surface area contributed by atoms with Crippen molar-refractivity contribution in [2.75, 3.05) is 0 Å². The second kappa shape index (κ2) is 3.46. The lowest BCUT2D eigenvalue weighted by Crippen LogP contribution is -1.90. The minimum atomic E-state index is -0.0903. The predicted molar refractivity (Wildman–Crippen MR) is 40.9 cm³/mol. The Morgan fingerprint density at radius 3 is 2.55 bits per heavy atom. The van der Waals surface area contributed by atoms with Crippen LogP contribution in [0.25, 0.3) is 0 Å². The Bertz CT molecular complexity index is 268. The maximum Gasteiger partial charge on any atom is 0.310 e. The lowest BCUT2D eigenvalue weighted by atomic mass is 10.3. The summed E-state index contributed by atoms with van der Waals surface area (Å²) in [5.74, 6) is 0. The molecule has 56 valence electrons. The van der Waals surface area contributed by atoms with Crippen LogP contribution in [-0.4, -0.2) is 11.2 Å². The molecule has 0 saturated heterocycles. The molecule has 0 fully saturated rings. The first-order chi connectivity index (χ1) is 5.29. The Hall–Kier alpha value is -1.71. The van der Waals surface area contributed by atoms with Gasteiger partial charge in [-0.2, -0.15) is 0 Å². The van der Waals surface area contributed by atoms with E-state index in [0.717, 1.165) is 6.34 Å². The Morgan fingerprint density at radius 2 is 2.00 bits per heavy atom. The molecule has 0 heterocycles. The third-order valence-electron chi connectivity index (χ3n) is 1.07. The van der Waals surface area contributed by atoms with Gasteiger partial charge in [-0.3, -0.25) is 0 Å². The van der Waals surface area contributed by atoms with E-state index in [4.69, 9.17) is 5.53 Å². The molecule has 0 aromatic heterocycles. The molecule has 1 rings (SSSR count). The van der Waals surface area contributed by atoms with Gasteiger partial charge in [-0.25, -0.2) is 0 Å².